The van der Waals surface area contributed by atoms with Crippen LogP contribution in [0.15, 0.2) is 510 Å². The molecule has 10 heteroatoms. The summed E-state index contributed by atoms with van der Waals surface area (Å²) < 4.78 is 24.7. The minimum absolute atomic E-state index is 0.175. The first-order valence-corrected chi connectivity index (χ1v) is 55.6. The van der Waals surface area contributed by atoms with E-state index in [4.69, 9.17) is 18.9 Å². The molecule has 0 saturated heterocycles. The molecule has 0 fully saturated rings. The van der Waals surface area contributed by atoms with E-state index in [-0.39, 0.29) is 13.6 Å². The van der Waals surface area contributed by atoms with Crippen molar-refractivity contribution < 1.29 is 18.9 Å². The fourth-order valence-electron chi connectivity index (χ4n) is 19.6. The van der Waals surface area contributed by atoms with Gasteiger partial charge in [-0.1, -0.05) is 508 Å². The number of benzene rings is 22. The lowest BCUT2D eigenvalue weighted by Gasteiger charge is -2.28. The molecule has 22 aromatic rings. The Kier molecular flexibility index (Phi) is 27.1. The van der Waals surface area contributed by atoms with Crippen LogP contribution >= 0.6 is 47.5 Å². The molecule has 2 aliphatic heterocycles. The molecular formula is C130H100O4P6. The summed E-state index contributed by atoms with van der Waals surface area (Å²) in [4.78, 5) is 0. The Labute approximate surface area is 828 Å². The third-order valence-corrected chi connectivity index (χ3v) is 41.0. The maximum absolute atomic E-state index is 6.35. The maximum atomic E-state index is 6.35. The second-order valence-electron chi connectivity index (χ2n) is 35.1. The molecule has 24 rings (SSSR count). The standard InChI is InChI=1S/C48H40P2.C44H32P2.C38H28O4P2/c1-33-13-23-39(24-14-33)49(40-25-15-34(2)16-26-40)45-31-21-37-9-5-7-11-43(37)47(45)48-44-12-8-6-10-38(44)22-32-46(48)50(41-27-17-35(3)18-28-41)42-29-19-36(4)20-30-42;1-5-19-35(20-6-1)45(36-21-7-2-8-22-36)41-31-29-33-17-13-15-27-39(33)43(41)44-40-28-16-14-18-34(40)30-32-42(44)46(37-23-9-3-10-24-37)38-25-11-4-12-26-38;1-5-13-27(14-6-1)43(28-15-7-2-8-16-28)33-23-21-31-37(41-25-39-31)35(33)36-34(24-22-32-38(36)42-26-40-32)44(29-17-9-3-10-18-29)30-19-11-4-12-20-30/h5-32H,1-4H3;1-32H;1-24H,25-26H2. The van der Waals surface area contributed by atoms with Crippen LogP contribution in [0.5, 0.6) is 23.0 Å². The van der Waals surface area contributed by atoms with E-state index >= 15 is 0 Å². The van der Waals surface area contributed by atoms with Crippen LogP contribution in [-0.4, -0.2) is 13.6 Å². The van der Waals surface area contributed by atoms with Crippen molar-refractivity contribution in [3.63, 3.8) is 0 Å². The Balaban J connectivity index is 0.000000121. The van der Waals surface area contributed by atoms with Crippen molar-refractivity contribution in [1.82, 2.24) is 0 Å². The summed E-state index contributed by atoms with van der Waals surface area (Å²) >= 11 is 0. The van der Waals surface area contributed by atoms with E-state index in [1.165, 1.54) is 183 Å². The second-order valence-corrected chi connectivity index (χ2v) is 48.3. The monoisotopic (exact) mass is 1910 g/mol. The van der Waals surface area contributed by atoms with Crippen LogP contribution in [0.3, 0.4) is 0 Å². The molecule has 0 radical (unpaired) electrons. The van der Waals surface area contributed by atoms with Gasteiger partial charge in [0.2, 0.25) is 13.6 Å². The molecule has 2 heterocycles. The van der Waals surface area contributed by atoms with Crippen LogP contribution in [0.25, 0.3) is 76.5 Å². The fourth-order valence-corrected chi connectivity index (χ4v) is 34.3. The van der Waals surface area contributed by atoms with Crippen molar-refractivity contribution in [2.45, 2.75) is 27.7 Å². The number of ether oxygens (including phenoxy) is 4. The highest BCUT2D eigenvalue weighted by molar-refractivity contribution is 7.82. The molecule has 674 valence electrons. The van der Waals surface area contributed by atoms with E-state index < -0.39 is 47.5 Å². The summed E-state index contributed by atoms with van der Waals surface area (Å²) in [6.45, 7) is 9.07. The molecule has 140 heavy (non-hydrogen) atoms. The Morgan fingerprint density at radius 3 is 0.507 bits per heavy atom. The predicted octanol–water partition coefficient (Wildman–Crippen LogP) is 25.9. The average Bonchev–Trinajstić information content (AvgIpc) is 1.36. The van der Waals surface area contributed by atoms with Crippen molar-refractivity contribution >= 4 is 186 Å². The molecule has 0 spiro atoms. The SMILES string of the molecule is Cc1ccc(P(c2ccc(C)cc2)c2ccc3ccccc3c2-c2c(P(c3ccc(C)cc3)c3ccc(C)cc3)ccc3ccccc23)cc1.c1ccc(P(c2ccccc2)c2ccc3c(c2-c2c(P(c4ccccc4)c4ccccc4)ccc4c2OCO4)OCO3)cc1.c1ccc(P(c2ccccc2)c2ccc3ccccc3c2-c2c(P(c3ccccc3)c3ccccc3)ccc3ccccc23)cc1. The molecule has 0 N–H and O–H groups in total. The van der Waals surface area contributed by atoms with Gasteiger partial charge in [0.15, 0.2) is 23.0 Å². The lowest BCUT2D eigenvalue weighted by atomic mass is 9.93. The number of hydrogen-bond donors (Lipinski definition) is 0. The first kappa shape index (κ1) is 90.8. The largest absolute Gasteiger partial charge is 0.454 e. The van der Waals surface area contributed by atoms with Crippen molar-refractivity contribution in [1.29, 1.82) is 0 Å². The molecule has 0 unspecified atom stereocenters. The molecular weight excluding hydrogens is 1810 g/mol. The Morgan fingerprint density at radius 2 is 0.307 bits per heavy atom. The maximum Gasteiger partial charge on any atom is 0.231 e. The summed E-state index contributed by atoms with van der Waals surface area (Å²) in [7, 11) is -5.41. The smallest absolute Gasteiger partial charge is 0.231 e. The van der Waals surface area contributed by atoms with E-state index in [9.17, 15) is 0 Å². The van der Waals surface area contributed by atoms with Crippen LogP contribution in [0.2, 0.25) is 0 Å². The van der Waals surface area contributed by atoms with Gasteiger partial charge in [0.1, 0.15) is 0 Å². The van der Waals surface area contributed by atoms with Gasteiger partial charge in [0.05, 0.1) is 0 Å². The second kappa shape index (κ2) is 41.8. The van der Waals surface area contributed by atoms with Crippen molar-refractivity contribution in [2.24, 2.45) is 0 Å². The number of hydrogen-bond acceptors (Lipinski definition) is 4. The molecule has 22 aromatic carbocycles. The van der Waals surface area contributed by atoms with Crippen molar-refractivity contribution in [3.05, 3.63) is 532 Å². The zero-order valence-corrected chi connectivity index (χ0v) is 83.6. The third-order valence-electron chi connectivity index (χ3n) is 26.1. The fraction of sp³-hybridized carbons (Fsp3) is 0.0462. The zero-order chi connectivity index (χ0) is 94.2. The molecule has 0 aliphatic carbocycles. The van der Waals surface area contributed by atoms with Crippen molar-refractivity contribution in [3.8, 4) is 56.4 Å². The number of fused-ring (bicyclic) bond motifs is 6. The van der Waals surface area contributed by atoms with Gasteiger partial charge >= 0.3 is 0 Å². The van der Waals surface area contributed by atoms with Gasteiger partial charge in [0.25, 0.3) is 0 Å². The summed E-state index contributed by atoms with van der Waals surface area (Å²) in [6.07, 6.45) is 0. The zero-order valence-electron chi connectivity index (χ0n) is 78.2. The van der Waals surface area contributed by atoms with Crippen molar-refractivity contribution in [2.75, 3.05) is 13.6 Å². The van der Waals surface area contributed by atoms with Gasteiger partial charge in [0, 0.05) is 11.1 Å². The van der Waals surface area contributed by atoms with E-state index in [2.05, 4.69) is 537 Å². The molecule has 2 aliphatic rings. The van der Waals surface area contributed by atoms with E-state index in [0.717, 1.165) is 34.1 Å². The minimum atomic E-state index is -0.968. The Morgan fingerprint density at radius 1 is 0.143 bits per heavy atom. The molecule has 0 saturated carbocycles. The van der Waals surface area contributed by atoms with E-state index in [1.807, 2.05) is 0 Å². The quantitative estimate of drug-likeness (QED) is 0.0672. The van der Waals surface area contributed by atoms with E-state index in [1.54, 1.807) is 0 Å². The topological polar surface area (TPSA) is 36.9 Å². The lowest BCUT2D eigenvalue weighted by Crippen LogP contribution is -2.26. The Hall–Kier alpha value is -14.3. The van der Waals surface area contributed by atoms with Crippen LogP contribution in [0.4, 0.5) is 0 Å². The molecule has 0 atom stereocenters. The molecule has 0 amide bonds. The molecule has 0 aromatic heterocycles. The molecule has 4 nitrogen and oxygen atoms in total. The van der Waals surface area contributed by atoms with Gasteiger partial charge in [-0.15, -0.1) is 0 Å². The number of rotatable bonds is 21. The minimum Gasteiger partial charge on any atom is -0.454 e. The summed E-state index contributed by atoms with van der Waals surface area (Å²) in [5.74, 6) is 2.99. The predicted molar refractivity (Wildman–Crippen MR) is 609 cm³/mol. The Bertz CT molecular complexity index is 7400. The van der Waals surface area contributed by atoms with Gasteiger partial charge < -0.3 is 18.9 Å². The summed E-state index contributed by atoms with van der Waals surface area (Å²) in [6, 6.07) is 188. The van der Waals surface area contributed by atoms with Gasteiger partial charge in [-0.25, -0.2) is 0 Å². The average molecular weight is 1910 g/mol. The highest BCUT2D eigenvalue weighted by atomic mass is 31.1. The number of aryl methyl sites for hydroxylation is 4. The third kappa shape index (κ3) is 18.7. The normalized spacial score (nSPS) is 12.0. The molecule has 0 bridgehead atoms. The van der Waals surface area contributed by atoms with E-state index in [0.29, 0.717) is 0 Å². The van der Waals surface area contributed by atoms with Crippen LogP contribution in [0.1, 0.15) is 22.3 Å². The summed E-state index contributed by atoms with van der Waals surface area (Å²) in [5, 5.41) is 34.1. The summed E-state index contributed by atoms with van der Waals surface area (Å²) in [5.41, 5.74) is 12.6. The van der Waals surface area contributed by atoms with Gasteiger partial charge in [-0.05, 0) is 260 Å². The highest BCUT2D eigenvalue weighted by Crippen LogP contribution is 2.55. The first-order valence-electron chi connectivity index (χ1n) is 47.6. The first-order chi connectivity index (χ1) is 69.2. The van der Waals surface area contributed by atoms with Crippen LogP contribution in [0, 0.1) is 27.7 Å². The highest BCUT2D eigenvalue weighted by Gasteiger charge is 2.38. The van der Waals surface area contributed by atoms with Crippen LogP contribution < -0.4 is 114 Å². The van der Waals surface area contributed by atoms with Gasteiger partial charge in [-0.3, -0.25) is 0 Å². The lowest BCUT2D eigenvalue weighted by molar-refractivity contribution is 0.173. The van der Waals surface area contributed by atoms with Crippen LogP contribution in [-0.2, 0) is 0 Å². The van der Waals surface area contributed by atoms with Gasteiger partial charge in [-0.2, -0.15) is 0 Å².